The molecule has 2 N–H and O–H groups in total. The van der Waals surface area contributed by atoms with Crippen molar-refractivity contribution in [3.63, 3.8) is 0 Å². The molecular weight excluding hydrogens is 256 g/mol. The van der Waals surface area contributed by atoms with Crippen LogP contribution in [0.4, 0.5) is 11.4 Å². The summed E-state index contributed by atoms with van der Waals surface area (Å²) < 4.78 is 0. The molecule has 0 saturated carbocycles. The Morgan fingerprint density at radius 2 is 2.35 bits per heavy atom. The van der Waals surface area contributed by atoms with Gasteiger partial charge in [0.05, 0.1) is 11.1 Å². The molecular formula is C14H16N4O2. The van der Waals surface area contributed by atoms with E-state index < -0.39 is 0 Å². The van der Waals surface area contributed by atoms with Crippen LogP contribution >= 0.6 is 0 Å². The Labute approximate surface area is 116 Å². The third kappa shape index (κ3) is 2.36. The normalized spacial score (nSPS) is 17.6. The molecule has 0 radical (unpaired) electrons. The van der Waals surface area contributed by atoms with E-state index in [1.165, 1.54) is 11.3 Å². The molecule has 0 spiro atoms. The van der Waals surface area contributed by atoms with Crippen LogP contribution in [-0.2, 0) is 12.8 Å². The van der Waals surface area contributed by atoms with Gasteiger partial charge in [0.1, 0.15) is 5.69 Å². The molecule has 1 aromatic heterocycles. The maximum atomic E-state index is 11.1. The first-order chi connectivity index (χ1) is 9.63. The van der Waals surface area contributed by atoms with Gasteiger partial charge in [-0.25, -0.2) is 0 Å². The van der Waals surface area contributed by atoms with Gasteiger partial charge in [-0.3, -0.25) is 15.2 Å². The summed E-state index contributed by atoms with van der Waals surface area (Å²) in [5, 5.41) is 21.5. The lowest BCUT2D eigenvalue weighted by atomic mass is 9.93. The fraction of sp³-hybridized carbons (Fsp3) is 0.357. The quantitative estimate of drug-likeness (QED) is 0.664. The van der Waals surface area contributed by atoms with E-state index in [1.807, 2.05) is 19.2 Å². The molecule has 6 nitrogen and oxygen atoms in total. The molecule has 1 aliphatic carbocycles. The number of H-pyrrole nitrogens is 1. The van der Waals surface area contributed by atoms with E-state index in [-0.39, 0.29) is 16.7 Å². The van der Waals surface area contributed by atoms with Crippen molar-refractivity contribution < 1.29 is 4.92 Å². The first-order valence-electron chi connectivity index (χ1n) is 6.66. The van der Waals surface area contributed by atoms with Crippen molar-refractivity contribution in [3.8, 4) is 0 Å². The average molecular weight is 272 g/mol. The number of nitro benzene ring substituents is 1. The zero-order valence-corrected chi connectivity index (χ0v) is 11.2. The summed E-state index contributed by atoms with van der Waals surface area (Å²) in [5.41, 5.74) is 4.01. The van der Waals surface area contributed by atoms with E-state index in [0.717, 1.165) is 24.8 Å². The Hall–Kier alpha value is -2.37. The topological polar surface area (TPSA) is 83.8 Å². The molecule has 1 unspecified atom stereocenters. The molecule has 0 amide bonds. The van der Waals surface area contributed by atoms with Crippen molar-refractivity contribution in [2.45, 2.75) is 32.2 Å². The predicted molar refractivity (Wildman–Crippen MR) is 75.9 cm³/mol. The lowest BCUT2D eigenvalue weighted by Gasteiger charge is -2.23. The number of nitrogens with one attached hydrogen (secondary N) is 2. The van der Waals surface area contributed by atoms with Gasteiger partial charge in [-0.05, 0) is 43.4 Å². The van der Waals surface area contributed by atoms with Gasteiger partial charge in [-0.2, -0.15) is 5.10 Å². The van der Waals surface area contributed by atoms with Crippen molar-refractivity contribution in [1.29, 1.82) is 0 Å². The van der Waals surface area contributed by atoms with Gasteiger partial charge < -0.3 is 5.32 Å². The third-order valence-electron chi connectivity index (χ3n) is 3.73. The minimum absolute atomic E-state index is 0.142. The summed E-state index contributed by atoms with van der Waals surface area (Å²) in [7, 11) is 0. The highest BCUT2D eigenvalue weighted by molar-refractivity contribution is 5.63. The Kier molecular flexibility index (Phi) is 3.14. The zero-order valence-electron chi connectivity index (χ0n) is 11.2. The van der Waals surface area contributed by atoms with Gasteiger partial charge in [-0.1, -0.05) is 6.07 Å². The first kappa shape index (κ1) is 12.7. The predicted octanol–water partition coefficient (Wildman–Crippen LogP) is 2.60. The Morgan fingerprint density at radius 3 is 3.15 bits per heavy atom. The fourth-order valence-corrected chi connectivity index (χ4v) is 2.67. The molecule has 1 aromatic carbocycles. The monoisotopic (exact) mass is 272 g/mol. The molecule has 0 bridgehead atoms. The number of hydrogen-bond acceptors (Lipinski definition) is 4. The fourth-order valence-electron chi connectivity index (χ4n) is 2.67. The number of hydrogen-bond donors (Lipinski definition) is 2. The van der Waals surface area contributed by atoms with Gasteiger partial charge in [-0.15, -0.1) is 0 Å². The SMILES string of the molecule is Cc1ccc(NC2CCc3[nH]ncc3C2)c([N+](=O)[O-])c1. The van der Waals surface area contributed by atoms with Crippen LogP contribution in [0.3, 0.4) is 0 Å². The van der Waals surface area contributed by atoms with Crippen molar-refractivity contribution in [2.75, 3.05) is 5.32 Å². The number of benzene rings is 1. The van der Waals surface area contributed by atoms with Crippen LogP contribution in [0.15, 0.2) is 24.4 Å². The first-order valence-corrected chi connectivity index (χ1v) is 6.66. The Balaban J connectivity index is 1.81. The minimum Gasteiger partial charge on any atom is -0.376 e. The number of rotatable bonds is 3. The lowest BCUT2D eigenvalue weighted by molar-refractivity contribution is -0.384. The largest absolute Gasteiger partial charge is 0.376 e. The molecule has 20 heavy (non-hydrogen) atoms. The highest BCUT2D eigenvalue weighted by Gasteiger charge is 2.22. The van der Waals surface area contributed by atoms with Crippen molar-refractivity contribution in [3.05, 3.63) is 51.3 Å². The van der Waals surface area contributed by atoms with Gasteiger partial charge in [0.2, 0.25) is 0 Å². The molecule has 1 heterocycles. The molecule has 0 saturated heterocycles. The molecule has 3 rings (SSSR count). The van der Waals surface area contributed by atoms with Crippen LogP contribution in [0.1, 0.15) is 23.2 Å². The van der Waals surface area contributed by atoms with Crippen molar-refractivity contribution >= 4 is 11.4 Å². The van der Waals surface area contributed by atoms with E-state index in [4.69, 9.17) is 0 Å². The van der Waals surface area contributed by atoms with Crippen molar-refractivity contribution in [1.82, 2.24) is 10.2 Å². The third-order valence-corrected chi connectivity index (χ3v) is 3.73. The summed E-state index contributed by atoms with van der Waals surface area (Å²) in [6, 6.07) is 5.50. The number of nitrogens with zero attached hydrogens (tertiary/aromatic N) is 2. The maximum Gasteiger partial charge on any atom is 0.292 e. The Morgan fingerprint density at radius 1 is 1.50 bits per heavy atom. The lowest BCUT2D eigenvalue weighted by Crippen LogP contribution is -2.27. The van der Waals surface area contributed by atoms with E-state index in [0.29, 0.717) is 5.69 Å². The van der Waals surface area contributed by atoms with Crippen LogP contribution in [0, 0.1) is 17.0 Å². The van der Waals surface area contributed by atoms with Gasteiger partial charge in [0.15, 0.2) is 0 Å². The van der Waals surface area contributed by atoms with Crippen LogP contribution in [0.5, 0.6) is 0 Å². The van der Waals surface area contributed by atoms with Crippen LogP contribution < -0.4 is 5.32 Å². The van der Waals surface area contributed by atoms with E-state index in [9.17, 15) is 10.1 Å². The molecule has 1 atom stereocenters. The number of aromatic nitrogens is 2. The number of fused-ring (bicyclic) bond motifs is 1. The van der Waals surface area contributed by atoms with Gasteiger partial charge in [0.25, 0.3) is 5.69 Å². The van der Waals surface area contributed by atoms with Crippen LogP contribution in [0.2, 0.25) is 0 Å². The minimum atomic E-state index is -0.332. The standard InChI is InChI=1S/C14H16N4O2/c1-9-2-4-13(14(6-9)18(19)20)16-11-3-5-12-10(7-11)8-15-17-12/h2,4,6,8,11,16H,3,5,7H2,1H3,(H,15,17). The average Bonchev–Trinajstić information content (AvgIpc) is 2.88. The second-order valence-electron chi connectivity index (χ2n) is 5.24. The molecule has 0 aliphatic heterocycles. The second-order valence-corrected chi connectivity index (χ2v) is 5.24. The van der Waals surface area contributed by atoms with Crippen LogP contribution in [0.25, 0.3) is 0 Å². The number of anilines is 1. The maximum absolute atomic E-state index is 11.1. The van der Waals surface area contributed by atoms with Gasteiger partial charge >= 0.3 is 0 Å². The highest BCUT2D eigenvalue weighted by Crippen LogP contribution is 2.28. The zero-order chi connectivity index (χ0) is 14.1. The van der Waals surface area contributed by atoms with E-state index in [2.05, 4.69) is 15.5 Å². The molecule has 0 fully saturated rings. The summed E-state index contributed by atoms with van der Waals surface area (Å²) in [6.45, 7) is 1.86. The van der Waals surface area contributed by atoms with E-state index in [1.54, 1.807) is 12.1 Å². The second kappa shape index (κ2) is 4.96. The molecule has 1 aliphatic rings. The molecule has 104 valence electrons. The highest BCUT2D eigenvalue weighted by atomic mass is 16.6. The number of aromatic amines is 1. The van der Waals surface area contributed by atoms with Gasteiger partial charge in [0, 0.05) is 17.8 Å². The summed E-state index contributed by atoms with van der Waals surface area (Å²) >= 11 is 0. The summed E-state index contributed by atoms with van der Waals surface area (Å²) in [4.78, 5) is 10.8. The summed E-state index contributed by atoms with van der Waals surface area (Å²) in [6.07, 6.45) is 4.55. The number of aryl methyl sites for hydroxylation is 2. The molecule has 2 aromatic rings. The Bertz CT molecular complexity index is 650. The van der Waals surface area contributed by atoms with E-state index >= 15 is 0 Å². The number of nitro groups is 1. The molecule has 6 heteroatoms. The van der Waals surface area contributed by atoms with Crippen LogP contribution in [-0.4, -0.2) is 21.2 Å². The van der Waals surface area contributed by atoms with Crippen molar-refractivity contribution in [2.24, 2.45) is 0 Å². The summed E-state index contributed by atoms with van der Waals surface area (Å²) in [5.74, 6) is 0. The smallest absolute Gasteiger partial charge is 0.292 e.